The third-order valence-electron chi connectivity index (χ3n) is 8.01. The van der Waals surface area contributed by atoms with Gasteiger partial charge in [0.2, 0.25) is 0 Å². The molecule has 1 aliphatic carbocycles. The van der Waals surface area contributed by atoms with Crippen LogP contribution in [-0.4, -0.2) is 47.1 Å². The first-order chi connectivity index (χ1) is 20.8. The number of nitrogens with one attached hydrogen (secondary N) is 1. The Balaban J connectivity index is 1.17. The number of fused-ring (bicyclic) bond motifs is 2. The molecule has 0 radical (unpaired) electrons. The minimum Gasteiger partial charge on any atom is -0.486 e. The molecule has 6 rings (SSSR count). The Morgan fingerprint density at radius 1 is 1.05 bits per heavy atom. The monoisotopic (exact) mass is 667 g/mol. The molecule has 2 bridgehead atoms. The largest absolute Gasteiger partial charge is 0.486 e. The number of nitrogens with zero attached hydrogens (tertiary/aromatic N) is 2. The van der Waals surface area contributed by atoms with Crippen LogP contribution in [0.3, 0.4) is 0 Å². The van der Waals surface area contributed by atoms with Gasteiger partial charge in [0.1, 0.15) is 22.5 Å². The summed E-state index contributed by atoms with van der Waals surface area (Å²) in [7, 11) is 0. The van der Waals surface area contributed by atoms with Crippen LogP contribution in [0.1, 0.15) is 54.0 Å². The molecule has 0 spiro atoms. The van der Waals surface area contributed by atoms with Crippen LogP contribution in [-0.2, 0) is 22.7 Å². The van der Waals surface area contributed by atoms with Crippen LogP contribution in [0.15, 0.2) is 42.1 Å². The van der Waals surface area contributed by atoms with Crippen molar-refractivity contribution < 1.29 is 23.0 Å². The third kappa shape index (κ3) is 6.87. The van der Waals surface area contributed by atoms with Gasteiger partial charge in [0.25, 0.3) is 5.91 Å². The lowest BCUT2D eigenvalue weighted by Crippen LogP contribution is -2.51. The molecular weight excluding hydrogens is 639 g/mol. The molecular formula is C31H30Cl3F2N3O3S. The van der Waals surface area contributed by atoms with Gasteiger partial charge < -0.3 is 19.7 Å². The van der Waals surface area contributed by atoms with Crippen molar-refractivity contribution in [1.82, 2.24) is 15.2 Å². The Morgan fingerprint density at radius 3 is 2.67 bits per heavy atom. The van der Waals surface area contributed by atoms with Gasteiger partial charge in [0, 0.05) is 36.4 Å². The molecule has 43 heavy (non-hydrogen) atoms. The first-order valence-electron chi connectivity index (χ1n) is 14.3. The number of benzene rings is 2. The standard InChI is InChI=1S/C31H30Cl3F2N3O3S/c32-21-5-1-3-17(28(21)33)15-39(19-7-8-19)31(40)27-20(13-18-4-2-6-24(27)38-18)25-14-37-26(43-25)16-41-11-12-42-30-23(36)10-9-22(35)29(30)34/h1,3,5,9-10,14,18-19,24,38H,2,4,6-8,11-13,15-16H2/t18-,24?/m0/s1. The third-order valence-corrected chi connectivity index (χ3v) is 10.3. The number of amides is 1. The van der Waals surface area contributed by atoms with E-state index in [1.165, 1.54) is 11.3 Å². The van der Waals surface area contributed by atoms with Gasteiger partial charge in [-0.3, -0.25) is 4.79 Å². The fourth-order valence-electron chi connectivity index (χ4n) is 5.77. The number of carbonyl (C=O) groups is 1. The normalized spacial score (nSPS) is 19.9. The lowest BCUT2D eigenvalue weighted by Gasteiger charge is -2.40. The summed E-state index contributed by atoms with van der Waals surface area (Å²) in [5, 5.41) is 5.01. The van der Waals surface area contributed by atoms with E-state index in [1.54, 1.807) is 6.07 Å². The summed E-state index contributed by atoms with van der Waals surface area (Å²) in [4.78, 5) is 21.8. The van der Waals surface area contributed by atoms with Crippen LogP contribution < -0.4 is 10.1 Å². The maximum atomic E-state index is 14.3. The number of piperidine rings is 1. The van der Waals surface area contributed by atoms with Gasteiger partial charge in [-0.05, 0) is 67.9 Å². The smallest absolute Gasteiger partial charge is 0.252 e. The number of halogens is 5. The minimum atomic E-state index is -0.753. The second-order valence-electron chi connectivity index (χ2n) is 11.0. The van der Waals surface area contributed by atoms with Gasteiger partial charge in [-0.25, -0.2) is 13.8 Å². The van der Waals surface area contributed by atoms with Gasteiger partial charge in [0.05, 0.1) is 28.1 Å². The molecule has 2 fully saturated rings. The van der Waals surface area contributed by atoms with Gasteiger partial charge in [-0.1, -0.05) is 46.9 Å². The summed E-state index contributed by atoms with van der Waals surface area (Å²) < 4.78 is 38.6. The summed E-state index contributed by atoms with van der Waals surface area (Å²) in [6, 6.07) is 7.93. The second kappa shape index (κ2) is 13.4. The van der Waals surface area contributed by atoms with Crippen LogP contribution in [0.4, 0.5) is 8.78 Å². The number of carbonyl (C=O) groups excluding carboxylic acids is 1. The highest BCUT2D eigenvalue weighted by Crippen LogP contribution is 2.41. The average molecular weight is 669 g/mol. The van der Waals surface area contributed by atoms with Crippen LogP contribution in [0.2, 0.25) is 15.1 Å². The zero-order chi connectivity index (χ0) is 30.1. The molecule has 1 unspecified atom stereocenters. The highest BCUT2D eigenvalue weighted by atomic mass is 35.5. The van der Waals surface area contributed by atoms with Gasteiger partial charge in [-0.15, -0.1) is 11.3 Å². The molecule has 3 aliphatic rings. The Labute approximate surface area is 267 Å². The van der Waals surface area contributed by atoms with E-state index in [0.717, 1.165) is 77.3 Å². The Morgan fingerprint density at radius 2 is 1.86 bits per heavy atom. The van der Waals surface area contributed by atoms with E-state index in [9.17, 15) is 13.6 Å². The van der Waals surface area contributed by atoms with E-state index in [4.69, 9.17) is 44.3 Å². The predicted octanol–water partition coefficient (Wildman–Crippen LogP) is 7.84. The number of hydrogen-bond acceptors (Lipinski definition) is 6. The predicted molar refractivity (Wildman–Crippen MR) is 165 cm³/mol. The molecule has 2 aromatic carbocycles. The maximum Gasteiger partial charge on any atom is 0.252 e. The molecule has 2 aliphatic heterocycles. The van der Waals surface area contributed by atoms with Gasteiger partial charge in [-0.2, -0.15) is 0 Å². The molecule has 1 amide bonds. The molecule has 1 N–H and O–H groups in total. The Hall–Kier alpha value is -2.27. The van der Waals surface area contributed by atoms with Gasteiger partial charge >= 0.3 is 0 Å². The lowest BCUT2D eigenvalue weighted by atomic mass is 9.81. The fourth-order valence-corrected chi connectivity index (χ4v) is 7.28. The van der Waals surface area contributed by atoms with Crippen LogP contribution in [0.25, 0.3) is 5.57 Å². The molecule has 1 saturated carbocycles. The molecule has 1 saturated heterocycles. The van der Waals surface area contributed by atoms with Crippen molar-refractivity contribution in [2.24, 2.45) is 0 Å². The van der Waals surface area contributed by atoms with Crippen molar-refractivity contribution in [1.29, 1.82) is 0 Å². The maximum absolute atomic E-state index is 14.3. The SMILES string of the molecule is O=C(C1=C(c2cnc(COCCOc3c(F)ccc(F)c3Cl)s2)C[C@@H]2CCCC1N2)N(Cc1cccc(Cl)c1Cl)C1CC1. The van der Waals surface area contributed by atoms with E-state index in [2.05, 4.69) is 10.3 Å². The molecule has 6 nitrogen and oxygen atoms in total. The molecule has 2 atom stereocenters. The number of rotatable bonds is 11. The minimum absolute atomic E-state index is 0.00912. The molecule has 1 aromatic heterocycles. The van der Waals surface area contributed by atoms with Crippen molar-refractivity contribution in [3.63, 3.8) is 0 Å². The topological polar surface area (TPSA) is 63.7 Å². The van der Waals surface area contributed by atoms with E-state index in [-0.39, 0.29) is 43.6 Å². The summed E-state index contributed by atoms with van der Waals surface area (Å²) in [5.74, 6) is -1.78. The first-order valence-corrected chi connectivity index (χ1v) is 16.3. The highest BCUT2D eigenvalue weighted by molar-refractivity contribution is 7.12. The number of aromatic nitrogens is 1. The van der Waals surface area contributed by atoms with E-state index < -0.39 is 16.7 Å². The zero-order valence-corrected chi connectivity index (χ0v) is 26.3. The second-order valence-corrected chi connectivity index (χ2v) is 13.3. The fraction of sp³-hybridized carbons (Fsp3) is 0.419. The summed E-state index contributed by atoms with van der Waals surface area (Å²) >= 11 is 20.1. The van der Waals surface area contributed by atoms with Crippen LogP contribution in [0.5, 0.6) is 5.75 Å². The number of thiazole rings is 1. The van der Waals surface area contributed by atoms with Crippen molar-refractivity contribution in [2.75, 3.05) is 13.2 Å². The van der Waals surface area contributed by atoms with Crippen molar-refractivity contribution in [3.8, 4) is 5.75 Å². The summed E-state index contributed by atoms with van der Waals surface area (Å²) in [5.41, 5.74) is 2.70. The first kappa shape index (κ1) is 30.7. The Bertz CT molecular complexity index is 1550. The van der Waals surface area contributed by atoms with E-state index in [1.807, 2.05) is 23.2 Å². The molecule has 12 heteroatoms. The summed E-state index contributed by atoms with van der Waals surface area (Å²) in [6.45, 7) is 0.746. The molecule has 3 heterocycles. The Kier molecular flexibility index (Phi) is 9.57. The van der Waals surface area contributed by atoms with Crippen molar-refractivity contribution in [2.45, 2.75) is 69.8 Å². The van der Waals surface area contributed by atoms with Crippen molar-refractivity contribution >= 4 is 57.6 Å². The highest BCUT2D eigenvalue weighted by Gasteiger charge is 2.41. The van der Waals surface area contributed by atoms with E-state index in [0.29, 0.717) is 22.6 Å². The zero-order valence-electron chi connectivity index (χ0n) is 23.2. The molecule has 3 aromatic rings. The van der Waals surface area contributed by atoms with Crippen LogP contribution in [0, 0.1) is 11.6 Å². The summed E-state index contributed by atoms with van der Waals surface area (Å²) in [6.07, 6.45) is 7.56. The van der Waals surface area contributed by atoms with Crippen molar-refractivity contribution in [3.05, 3.63) is 84.3 Å². The van der Waals surface area contributed by atoms with E-state index >= 15 is 0 Å². The number of ether oxygens (including phenoxy) is 2. The number of hydrogen-bond donors (Lipinski definition) is 1. The average Bonchev–Trinajstić information content (AvgIpc) is 3.73. The van der Waals surface area contributed by atoms with Gasteiger partial charge in [0.15, 0.2) is 11.6 Å². The molecule has 228 valence electrons. The quantitative estimate of drug-likeness (QED) is 0.167. The lowest BCUT2D eigenvalue weighted by molar-refractivity contribution is -0.128. The van der Waals surface area contributed by atoms with Crippen LogP contribution >= 0.6 is 46.1 Å².